The highest BCUT2D eigenvalue weighted by atomic mass is 32.2. The molecule has 0 aromatic heterocycles. The van der Waals surface area contributed by atoms with E-state index in [1.165, 1.54) is 14.1 Å². The van der Waals surface area contributed by atoms with E-state index >= 15 is 0 Å². The van der Waals surface area contributed by atoms with Gasteiger partial charge in [-0.1, -0.05) is 13.3 Å². The van der Waals surface area contributed by atoms with Crippen molar-refractivity contribution in [3.63, 3.8) is 0 Å². The number of nitrogens with one attached hydrogen (secondary N) is 1. The Kier molecular flexibility index (Phi) is 7.33. The summed E-state index contributed by atoms with van der Waals surface area (Å²) >= 11 is 0. The molecule has 7 heteroatoms. The van der Waals surface area contributed by atoms with Crippen molar-refractivity contribution in [2.75, 3.05) is 32.9 Å². The molecule has 0 radical (unpaired) electrons. The fraction of sp³-hybridized carbons (Fsp3) is 0.900. The Labute approximate surface area is 104 Å². The van der Waals surface area contributed by atoms with Gasteiger partial charge in [-0.15, -0.1) is 0 Å². The molecule has 0 aliphatic carbocycles. The van der Waals surface area contributed by atoms with E-state index in [-0.39, 0.29) is 24.1 Å². The number of hydrogen-bond acceptors (Lipinski definition) is 4. The summed E-state index contributed by atoms with van der Waals surface area (Å²) in [4.78, 5) is 11.5. The highest BCUT2D eigenvalue weighted by Crippen LogP contribution is 2.05. The van der Waals surface area contributed by atoms with Crippen LogP contribution in [0.15, 0.2) is 0 Å². The van der Waals surface area contributed by atoms with Crippen LogP contribution in [0.2, 0.25) is 0 Å². The maximum Gasteiger partial charge on any atom is 0.220 e. The molecule has 1 amide bonds. The van der Waals surface area contributed by atoms with Crippen LogP contribution in [-0.2, 0) is 14.8 Å². The van der Waals surface area contributed by atoms with Crippen molar-refractivity contribution in [2.24, 2.45) is 11.7 Å². The molecule has 0 aliphatic heterocycles. The summed E-state index contributed by atoms with van der Waals surface area (Å²) < 4.78 is 23.9. The van der Waals surface area contributed by atoms with Crippen LogP contribution in [-0.4, -0.2) is 51.6 Å². The second kappa shape index (κ2) is 7.62. The fourth-order valence-corrected chi connectivity index (χ4v) is 1.96. The van der Waals surface area contributed by atoms with E-state index in [2.05, 4.69) is 5.32 Å². The third-order valence-corrected chi connectivity index (χ3v) is 4.46. The summed E-state index contributed by atoms with van der Waals surface area (Å²) in [5, 5.41) is 2.59. The minimum atomic E-state index is -3.24. The Balaban J connectivity index is 3.94. The number of nitrogens with zero attached hydrogens (tertiary/aromatic N) is 1. The molecule has 3 N–H and O–H groups in total. The standard InChI is InChI=1S/C10H23N3O3S/c1-4-9(8-11)7-10(14)12-5-6-17(15,16)13(2)3/h9H,4-8,11H2,1-3H3,(H,12,14). The summed E-state index contributed by atoms with van der Waals surface area (Å²) in [5.41, 5.74) is 5.49. The first-order chi connectivity index (χ1) is 7.83. The number of carbonyl (C=O) groups is 1. The molecular weight excluding hydrogens is 242 g/mol. The minimum Gasteiger partial charge on any atom is -0.355 e. The molecule has 0 saturated heterocycles. The first kappa shape index (κ1) is 16.3. The Bertz CT molecular complexity index is 324. The van der Waals surface area contributed by atoms with Crippen molar-refractivity contribution >= 4 is 15.9 Å². The van der Waals surface area contributed by atoms with Crippen LogP contribution in [0.4, 0.5) is 0 Å². The third kappa shape index (κ3) is 6.60. The molecule has 0 saturated carbocycles. The molecule has 1 atom stereocenters. The summed E-state index contributed by atoms with van der Waals surface area (Å²) in [7, 11) is -0.298. The van der Waals surface area contributed by atoms with E-state index in [1.807, 2.05) is 6.92 Å². The van der Waals surface area contributed by atoms with E-state index in [4.69, 9.17) is 5.73 Å². The van der Waals surface area contributed by atoms with E-state index in [0.29, 0.717) is 13.0 Å². The van der Waals surface area contributed by atoms with Gasteiger partial charge in [-0.25, -0.2) is 12.7 Å². The predicted octanol–water partition coefficient (Wildman–Crippen LogP) is -0.631. The zero-order chi connectivity index (χ0) is 13.5. The second-order valence-corrected chi connectivity index (χ2v) is 6.46. The molecule has 0 spiro atoms. The number of hydrogen-bond donors (Lipinski definition) is 2. The summed E-state index contributed by atoms with van der Waals surface area (Å²) in [5.74, 6) is -0.0535. The molecule has 1 unspecified atom stereocenters. The second-order valence-electron chi connectivity index (χ2n) is 4.16. The van der Waals surface area contributed by atoms with Gasteiger partial charge in [-0.05, 0) is 12.5 Å². The largest absolute Gasteiger partial charge is 0.355 e. The van der Waals surface area contributed by atoms with Crippen LogP contribution in [0.3, 0.4) is 0 Å². The molecule has 0 bridgehead atoms. The van der Waals surface area contributed by atoms with Gasteiger partial charge in [0.2, 0.25) is 15.9 Å². The van der Waals surface area contributed by atoms with E-state index in [1.54, 1.807) is 0 Å². The van der Waals surface area contributed by atoms with Crippen molar-refractivity contribution in [2.45, 2.75) is 19.8 Å². The van der Waals surface area contributed by atoms with Crippen LogP contribution in [0.25, 0.3) is 0 Å². The van der Waals surface area contributed by atoms with Gasteiger partial charge in [0.25, 0.3) is 0 Å². The van der Waals surface area contributed by atoms with E-state index in [9.17, 15) is 13.2 Å². The number of carbonyl (C=O) groups excluding carboxylic acids is 1. The lowest BCUT2D eigenvalue weighted by atomic mass is 10.0. The van der Waals surface area contributed by atoms with Crippen molar-refractivity contribution in [1.29, 1.82) is 0 Å². The average molecular weight is 265 g/mol. The van der Waals surface area contributed by atoms with E-state index < -0.39 is 10.0 Å². The Morgan fingerprint density at radius 2 is 2.00 bits per heavy atom. The highest BCUT2D eigenvalue weighted by Gasteiger charge is 2.14. The van der Waals surface area contributed by atoms with Gasteiger partial charge >= 0.3 is 0 Å². The third-order valence-electron chi connectivity index (χ3n) is 2.62. The normalized spacial score (nSPS) is 13.7. The van der Waals surface area contributed by atoms with Gasteiger partial charge in [-0.2, -0.15) is 0 Å². The van der Waals surface area contributed by atoms with Crippen LogP contribution in [0.5, 0.6) is 0 Å². The Morgan fingerprint density at radius 3 is 2.41 bits per heavy atom. The SMILES string of the molecule is CCC(CN)CC(=O)NCCS(=O)(=O)N(C)C. The molecular formula is C10H23N3O3S. The molecule has 0 aromatic carbocycles. The van der Waals surface area contributed by atoms with Gasteiger partial charge in [0, 0.05) is 27.1 Å². The van der Waals surface area contributed by atoms with Crippen LogP contribution in [0.1, 0.15) is 19.8 Å². The number of amides is 1. The van der Waals surface area contributed by atoms with Crippen LogP contribution in [0, 0.1) is 5.92 Å². The summed E-state index contributed by atoms with van der Waals surface area (Å²) in [6.07, 6.45) is 1.20. The fourth-order valence-electron chi connectivity index (χ4n) is 1.23. The van der Waals surface area contributed by atoms with Gasteiger partial charge in [0.05, 0.1) is 5.75 Å². The minimum absolute atomic E-state index is 0.0782. The maximum atomic E-state index is 11.5. The van der Waals surface area contributed by atoms with Crippen molar-refractivity contribution in [1.82, 2.24) is 9.62 Å². The van der Waals surface area contributed by atoms with Crippen molar-refractivity contribution < 1.29 is 13.2 Å². The molecule has 102 valence electrons. The first-order valence-electron chi connectivity index (χ1n) is 5.70. The lowest BCUT2D eigenvalue weighted by molar-refractivity contribution is -0.121. The Morgan fingerprint density at radius 1 is 1.41 bits per heavy atom. The first-order valence-corrected chi connectivity index (χ1v) is 7.31. The number of nitrogens with two attached hydrogens (primary N) is 1. The van der Waals surface area contributed by atoms with Crippen LogP contribution >= 0.6 is 0 Å². The van der Waals surface area contributed by atoms with Crippen LogP contribution < -0.4 is 11.1 Å². The lowest BCUT2D eigenvalue weighted by Crippen LogP contribution is -2.35. The molecule has 0 heterocycles. The topological polar surface area (TPSA) is 92.5 Å². The smallest absolute Gasteiger partial charge is 0.220 e. The molecule has 17 heavy (non-hydrogen) atoms. The zero-order valence-electron chi connectivity index (χ0n) is 10.8. The zero-order valence-corrected chi connectivity index (χ0v) is 11.6. The monoisotopic (exact) mass is 265 g/mol. The van der Waals surface area contributed by atoms with Gasteiger partial charge in [0.1, 0.15) is 0 Å². The summed E-state index contributed by atoms with van der Waals surface area (Å²) in [6, 6.07) is 0. The molecule has 0 rings (SSSR count). The molecule has 0 fully saturated rings. The van der Waals surface area contributed by atoms with Crippen molar-refractivity contribution in [3.8, 4) is 0 Å². The lowest BCUT2D eigenvalue weighted by Gasteiger charge is -2.13. The average Bonchev–Trinajstić information content (AvgIpc) is 2.25. The van der Waals surface area contributed by atoms with Gasteiger partial charge in [-0.3, -0.25) is 4.79 Å². The number of rotatable bonds is 8. The van der Waals surface area contributed by atoms with Gasteiger partial charge < -0.3 is 11.1 Å². The number of sulfonamides is 1. The molecule has 6 nitrogen and oxygen atoms in total. The molecule has 0 aromatic rings. The predicted molar refractivity (Wildman–Crippen MR) is 67.9 cm³/mol. The van der Waals surface area contributed by atoms with Crippen molar-refractivity contribution in [3.05, 3.63) is 0 Å². The Hall–Kier alpha value is -0.660. The quantitative estimate of drug-likeness (QED) is 0.611. The van der Waals surface area contributed by atoms with Gasteiger partial charge in [0.15, 0.2) is 0 Å². The maximum absolute atomic E-state index is 11.5. The highest BCUT2D eigenvalue weighted by molar-refractivity contribution is 7.89. The summed E-state index contributed by atoms with van der Waals surface area (Å²) in [6.45, 7) is 2.58. The molecule has 0 aliphatic rings. The van der Waals surface area contributed by atoms with E-state index in [0.717, 1.165) is 10.7 Å².